The molecular weight excluding hydrogens is 186 g/mol. The van der Waals surface area contributed by atoms with Gasteiger partial charge in [0.2, 0.25) is 0 Å². The van der Waals surface area contributed by atoms with E-state index >= 15 is 0 Å². The maximum Gasteiger partial charge on any atom is 0.0277 e. The van der Waals surface area contributed by atoms with Crippen LogP contribution < -0.4 is 0 Å². The Morgan fingerprint density at radius 3 is 1.79 bits per heavy atom. The Kier molecular flexibility index (Phi) is 7.56. The highest BCUT2D eigenvalue weighted by atomic mass is 28.2. The van der Waals surface area contributed by atoms with Crippen LogP contribution >= 0.6 is 0 Å². The van der Waals surface area contributed by atoms with E-state index in [1.54, 1.807) is 0 Å². The molecule has 0 rings (SSSR count). The van der Waals surface area contributed by atoms with Crippen molar-refractivity contribution in [3.8, 4) is 0 Å². The predicted octanol–water partition coefficient (Wildman–Crippen LogP) is 2.91. The zero-order valence-corrected chi connectivity index (χ0v) is 12.4. The highest BCUT2D eigenvalue weighted by Gasteiger charge is 2.21. The third kappa shape index (κ3) is 4.60. The standard InChI is InChI=1S/C12H29NSi/c1-7-12(14-10(4)5)11(6)13(8-2)9-3/h10-12H,7-9,14H2,1-6H3. The molecule has 14 heavy (non-hydrogen) atoms. The summed E-state index contributed by atoms with van der Waals surface area (Å²) in [5, 5.41) is 0. The largest absolute Gasteiger partial charge is 0.301 e. The minimum absolute atomic E-state index is 0.109. The van der Waals surface area contributed by atoms with E-state index in [4.69, 9.17) is 0 Å². The molecule has 1 nitrogen and oxygen atoms in total. The monoisotopic (exact) mass is 215 g/mol. The van der Waals surface area contributed by atoms with Crippen LogP contribution in [0.5, 0.6) is 0 Å². The van der Waals surface area contributed by atoms with E-state index in [1.807, 2.05) is 0 Å². The smallest absolute Gasteiger partial charge is 0.0277 e. The second kappa shape index (κ2) is 7.47. The molecule has 2 heteroatoms. The molecule has 0 N–H and O–H groups in total. The fourth-order valence-corrected chi connectivity index (χ4v) is 4.64. The summed E-state index contributed by atoms with van der Waals surface area (Å²) in [6, 6.07) is 0.809. The van der Waals surface area contributed by atoms with Crippen LogP contribution in [0.2, 0.25) is 11.1 Å². The summed E-state index contributed by atoms with van der Waals surface area (Å²) in [5.41, 5.74) is 1.98. The van der Waals surface area contributed by atoms with Gasteiger partial charge in [-0.25, -0.2) is 0 Å². The molecule has 0 saturated carbocycles. The van der Waals surface area contributed by atoms with Crippen LogP contribution in [-0.2, 0) is 0 Å². The second-order valence-electron chi connectivity index (χ2n) is 4.76. The summed E-state index contributed by atoms with van der Waals surface area (Å²) < 4.78 is 0. The Hall–Kier alpha value is 0.177. The average molecular weight is 215 g/mol. The van der Waals surface area contributed by atoms with Gasteiger partial charge in [-0.05, 0) is 25.6 Å². The molecule has 0 aromatic heterocycles. The van der Waals surface area contributed by atoms with Crippen LogP contribution in [0, 0.1) is 0 Å². The van der Waals surface area contributed by atoms with Gasteiger partial charge in [0.05, 0.1) is 0 Å². The Bertz CT molecular complexity index is 132. The fourth-order valence-electron chi connectivity index (χ4n) is 2.41. The van der Waals surface area contributed by atoms with Gasteiger partial charge in [0.25, 0.3) is 0 Å². The lowest BCUT2D eigenvalue weighted by atomic mass is 10.1. The van der Waals surface area contributed by atoms with E-state index < -0.39 is 0 Å². The van der Waals surface area contributed by atoms with Crippen molar-refractivity contribution >= 4 is 9.52 Å². The van der Waals surface area contributed by atoms with Gasteiger partial charge in [-0.15, -0.1) is 0 Å². The van der Waals surface area contributed by atoms with E-state index in [-0.39, 0.29) is 9.52 Å². The van der Waals surface area contributed by atoms with E-state index in [9.17, 15) is 0 Å². The van der Waals surface area contributed by atoms with Gasteiger partial charge in [0, 0.05) is 15.6 Å². The van der Waals surface area contributed by atoms with Crippen LogP contribution in [0.4, 0.5) is 0 Å². The summed E-state index contributed by atoms with van der Waals surface area (Å²) in [6.07, 6.45) is 1.38. The minimum atomic E-state index is 0.109. The first-order valence-electron chi connectivity index (χ1n) is 6.30. The van der Waals surface area contributed by atoms with Crippen molar-refractivity contribution in [1.82, 2.24) is 4.90 Å². The summed E-state index contributed by atoms with van der Waals surface area (Å²) in [6.45, 7) is 16.6. The second-order valence-corrected chi connectivity index (χ2v) is 7.91. The molecule has 0 spiro atoms. The Morgan fingerprint density at radius 2 is 1.50 bits per heavy atom. The number of hydrogen-bond acceptors (Lipinski definition) is 1. The topological polar surface area (TPSA) is 3.24 Å². The molecule has 0 bridgehead atoms. The van der Waals surface area contributed by atoms with Gasteiger partial charge < -0.3 is 4.90 Å². The maximum absolute atomic E-state index is 2.61. The fraction of sp³-hybridized carbons (Fsp3) is 1.00. The van der Waals surface area contributed by atoms with Crippen molar-refractivity contribution in [3.05, 3.63) is 0 Å². The summed E-state index contributed by atoms with van der Waals surface area (Å²) in [5.74, 6) is 0. The maximum atomic E-state index is 2.61. The lowest BCUT2D eigenvalue weighted by Gasteiger charge is -2.33. The molecular formula is C12H29NSi. The van der Waals surface area contributed by atoms with Gasteiger partial charge in [-0.3, -0.25) is 0 Å². The number of rotatable bonds is 7. The molecule has 2 unspecified atom stereocenters. The highest BCUT2D eigenvalue weighted by molar-refractivity contribution is 6.39. The number of hydrogen-bond donors (Lipinski definition) is 0. The lowest BCUT2D eigenvalue weighted by molar-refractivity contribution is 0.219. The first-order valence-corrected chi connectivity index (χ1v) is 7.94. The molecule has 2 atom stereocenters. The molecule has 0 aromatic rings. The Balaban J connectivity index is 4.20. The molecule has 0 saturated heterocycles. The van der Waals surface area contributed by atoms with Gasteiger partial charge in [0.15, 0.2) is 0 Å². The molecule has 0 fully saturated rings. The number of nitrogens with zero attached hydrogens (tertiary/aromatic N) is 1. The SMILES string of the molecule is CCC([SiH2]C(C)C)C(C)N(CC)CC. The van der Waals surface area contributed by atoms with Crippen LogP contribution in [0.15, 0.2) is 0 Å². The Labute approximate surface area is 93.1 Å². The van der Waals surface area contributed by atoms with E-state index in [0.717, 1.165) is 17.1 Å². The first kappa shape index (κ1) is 14.2. The van der Waals surface area contributed by atoms with Gasteiger partial charge >= 0.3 is 0 Å². The van der Waals surface area contributed by atoms with E-state index in [2.05, 4.69) is 46.4 Å². The lowest BCUT2D eigenvalue weighted by Crippen LogP contribution is -2.38. The van der Waals surface area contributed by atoms with Crippen molar-refractivity contribution in [2.24, 2.45) is 0 Å². The van der Waals surface area contributed by atoms with Gasteiger partial charge in [-0.1, -0.05) is 46.6 Å². The molecule has 0 aliphatic rings. The summed E-state index contributed by atoms with van der Waals surface area (Å²) >= 11 is 0. The van der Waals surface area contributed by atoms with Crippen molar-refractivity contribution in [2.75, 3.05) is 13.1 Å². The minimum Gasteiger partial charge on any atom is -0.301 e. The van der Waals surface area contributed by atoms with Crippen molar-refractivity contribution in [2.45, 2.75) is 65.1 Å². The van der Waals surface area contributed by atoms with Gasteiger partial charge in [-0.2, -0.15) is 0 Å². The van der Waals surface area contributed by atoms with Crippen LogP contribution in [0.25, 0.3) is 0 Å². The first-order chi connectivity index (χ1) is 6.56. The normalized spacial score (nSPS) is 17.1. The van der Waals surface area contributed by atoms with Gasteiger partial charge in [0.1, 0.15) is 0 Å². The van der Waals surface area contributed by atoms with Crippen molar-refractivity contribution in [1.29, 1.82) is 0 Å². The zero-order chi connectivity index (χ0) is 11.1. The highest BCUT2D eigenvalue weighted by Crippen LogP contribution is 2.23. The van der Waals surface area contributed by atoms with Crippen molar-refractivity contribution in [3.63, 3.8) is 0 Å². The van der Waals surface area contributed by atoms with Crippen LogP contribution in [0.3, 0.4) is 0 Å². The third-order valence-electron chi connectivity index (χ3n) is 3.37. The summed E-state index contributed by atoms with van der Waals surface area (Å²) in [4.78, 5) is 2.61. The molecule has 86 valence electrons. The molecule has 0 amide bonds. The Morgan fingerprint density at radius 1 is 1.00 bits per heavy atom. The van der Waals surface area contributed by atoms with Crippen LogP contribution in [0.1, 0.15) is 48.0 Å². The molecule has 0 radical (unpaired) electrons. The predicted molar refractivity (Wildman–Crippen MR) is 70.1 cm³/mol. The molecule has 0 aliphatic carbocycles. The van der Waals surface area contributed by atoms with Crippen molar-refractivity contribution < 1.29 is 0 Å². The van der Waals surface area contributed by atoms with Crippen LogP contribution in [-0.4, -0.2) is 33.6 Å². The molecule has 0 heterocycles. The van der Waals surface area contributed by atoms with E-state index in [1.165, 1.54) is 19.5 Å². The molecule has 0 aliphatic heterocycles. The summed E-state index contributed by atoms with van der Waals surface area (Å²) in [7, 11) is 0.109. The molecule has 0 aromatic carbocycles. The zero-order valence-electron chi connectivity index (χ0n) is 11.0. The quantitative estimate of drug-likeness (QED) is 0.590. The third-order valence-corrected chi connectivity index (χ3v) is 6.18. The van der Waals surface area contributed by atoms with E-state index in [0.29, 0.717) is 0 Å². The average Bonchev–Trinajstić information content (AvgIpc) is 2.15.